The van der Waals surface area contributed by atoms with Crippen molar-refractivity contribution in [2.24, 2.45) is 0 Å². The van der Waals surface area contributed by atoms with E-state index >= 15 is 0 Å². The van der Waals surface area contributed by atoms with E-state index in [-0.39, 0.29) is 6.54 Å². The molecule has 13 heavy (non-hydrogen) atoms. The van der Waals surface area contributed by atoms with E-state index in [1.165, 1.54) is 0 Å². The molecule has 0 aromatic heterocycles. The molecule has 0 heterocycles. The molecule has 0 aliphatic heterocycles. The molecule has 0 unspecified atom stereocenters. The molecule has 0 aliphatic rings. The predicted octanol–water partition coefficient (Wildman–Crippen LogP) is 2.44. The molecule has 0 radical (unpaired) electrons. The Hall–Kier alpha value is -0.580. The van der Waals surface area contributed by atoms with E-state index in [0.29, 0.717) is 12.0 Å². The first-order valence-corrected chi connectivity index (χ1v) is 3.93. The van der Waals surface area contributed by atoms with Crippen LogP contribution in [0.25, 0.3) is 0 Å². The first kappa shape index (κ1) is 12.4. The summed E-state index contributed by atoms with van der Waals surface area (Å²) in [5.74, 6) is -3.95. The van der Waals surface area contributed by atoms with Crippen molar-refractivity contribution in [1.82, 2.24) is 5.32 Å². The average Bonchev–Trinajstić information content (AvgIpc) is 2.03. The summed E-state index contributed by atoms with van der Waals surface area (Å²) in [5.41, 5.74) is 0.713. The van der Waals surface area contributed by atoms with Crippen molar-refractivity contribution in [3.8, 4) is 0 Å². The molecule has 0 spiro atoms. The third-order valence-corrected chi connectivity index (χ3v) is 1.55. The highest BCUT2D eigenvalue weighted by molar-refractivity contribution is 4.95. The molecule has 0 saturated heterocycles. The Balaban J connectivity index is 3.70. The van der Waals surface area contributed by atoms with E-state index in [2.05, 4.69) is 11.9 Å². The second kappa shape index (κ2) is 5.21. The van der Waals surface area contributed by atoms with Crippen molar-refractivity contribution in [1.29, 1.82) is 0 Å². The van der Waals surface area contributed by atoms with E-state index < -0.39 is 18.9 Å². The molecule has 0 saturated carbocycles. The minimum absolute atomic E-state index is 0.152. The van der Waals surface area contributed by atoms with E-state index in [0.717, 1.165) is 0 Å². The zero-order valence-corrected chi connectivity index (χ0v) is 7.42. The molecule has 1 N–H and O–H groups in total. The summed E-state index contributed by atoms with van der Waals surface area (Å²) in [6.45, 7) is 4.50. The molecule has 78 valence electrons. The molecular weight excluding hydrogens is 186 g/mol. The Labute approximate surface area is 74.8 Å². The van der Waals surface area contributed by atoms with Crippen LogP contribution in [-0.4, -0.2) is 25.4 Å². The van der Waals surface area contributed by atoms with Crippen LogP contribution in [0.1, 0.15) is 13.3 Å². The van der Waals surface area contributed by atoms with Crippen molar-refractivity contribution in [2.75, 3.05) is 13.1 Å². The van der Waals surface area contributed by atoms with Crippen LogP contribution >= 0.6 is 0 Å². The van der Waals surface area contributed by atoms with Gasteiger partial charge in [0.05, 0.1) is 6.54 Å². The first-order chi connectivity index (χ1) is 5.90. The van der Waals surface area contributed by atoms with Crippen molar-refractivity contribution in [3.05, 3.63) is 12.2 Å². The van der Waals surface area contributed by atoms with Gasteiger partial charge in [0, 0.05) is 6.54 Å². The van der Waals surface area contributed by atoms with Gasteiger partial charge in [-0.2, -0.15) is 8.78 Å². The zero-order chi connectivity index (χ0) is 10.5. The lowest BCUT2D eigenvalue weighted by atomic mass is 10.2. The summed E-state index contributed by atoms with van der Waals surface area (Å²) in [5, 5.41) is 2.23. The third-order valence-electron chi connectivity index (χ3n) is 1.55. The highest BCUT2D eigenvalue weighted by atomic mass is 19.3. The van der Waals surface area contributed by atoms with Crippen LogP contribution in [0.2, 0.25) is 0 Å². The molecule has 0 bridgehead atoms. The van der Waals surface area contributed by atoms with Gasteiger partial charge in [0.25, 0.3) is 0 Å². The normalized spacial score (nSPS) is 12.2. The summed E-state index contributed by atoms with van der Waals surface area (Å²) in [6.07, 6.45) is -2.97. The molecule has 0 fully saturated rings. The molecule has 1 nitrogen and oxygen atoms in total. The smallest absolute Gasteiger partial charge is 0.307 e. The summed E-state index contributed by atoms with van der Waals surface area (Å²) in [4.78, 5) is 0. The minimum atomic E-state index is -3.95. The van der Waals surface area contributed by atoms with Gasteiger partial charge in [-0.1, -0.05) is 19.1 Å². The molecule has 0 aliphatic carbocycles. The second-order valence-corrected chi connectivity index (χ2v) is 2.77. The van der Waals surface area contributed by atoms with Crippen LogP contribution in [0.5, 0.6) is 0 Å². The minimum Gasteiger partial charge on any atom is -0.307 e. The van der Waals surface area contributed by atoms with E-state index in [4.69, 9.17) is 0 Å². The highest BCUT2D eigenvalue weighted by Crippen LogP contribution is 2.21. The van der Waals surface area contributed by atoms with Crippen LogP contribution in [0, 0.1) is 0 Å². The van der Waals surface area contributed by atoms with E-state index in [9.17, 15) is 17.6 Å². The van der Waals surface area contributed by atoms with Gasteiger partial charge in [-0.3, -0.25) is 0 Å². The molecule has 0 amide bonds. The Morgan fingerprint density at radius 3 is 2.38 bits per heavy atom. The van der Waals surface area contributed by atoms with Crippen LogP contribution in [0.4, 0.5) is 17.6 Å². The molecular formula is C8H13F4N. The lowest BCUT2D eigenvalue weighted by Gasteiger charge is -2.15. The molecule has 5 heteroatoms. The number of hydrogen-bond acceptors (Lipinski definition) is 1. The first-order valence-electron chi connectivity index (χ1n) is 3.93. The van der Waals surface area contributed by atoms with Crippen LogP contribution in [-0.2, 0) is 0 Å². The van der Waals surface area contributed by atoms with Gasteiger partial charge in [-0.25, -0.2) is 8.78 Å². The topological polar surface area (TPSA) is 12.0 Å². The van der Waals surface area contributed by atoms with Gasteiger partial charge in [-0.05, 0) is 6.42 Å². The SMILES string of the molecule is C=C(CC)CNCC(F)(F)C(F)F. The maximum Gasteiger partial charge on any atom is 0.319 e. The molecule has 0 atom stereocenters. The van der Waals surface area contributed by atoms with Crippen LogP contribution in [0.15, 0.2) is 12.2 Å². The maximum absolute atomic E-state index is 12.3. The maximum atomic E-state index is 12.3. The fourth-order valence-electron chi connectivity index (χ4n) is 0.608. The molecule has 0 rings (SSSR count). The summed E-state index contributed by atoms with van der Waals surface area (Å²) in [6, 6.07) is 0. The number of rotatable bonds is 6. The predicted molar refractivity (Wildman–Crippen MR) is 43.3 cm³/mol. The quantitative estimate of drug-likeness (QED) is 0.511. The van der Waals surface area contributed by atoms with E-state index in [1.807, 2.05) is 6.92 Å². The third kappa shape index (κ3) is 4.87. The number of hydrogen-bond donors (Lipinski definition) is 1. The molecule has 0 aromatic carbocycles. The van der Waals surface area contributed by atoms with Crippen LogP contribution < -0.4 is 5.32 Å². The van der Waals surface area contributed by atoms with Crippen molar-refractivity contribution in [2.45, 2.75) is 25.7 Å². The number of alkyl halides is 4. The Bertz CT molecular complexity index is 168. The molecule has 0 aromatic rings. The summed E-state index contributed by atoms with van der Waals surface area (Å²) >= 11 is 0. The van der Waals surface area contributed by atoms with Crippen molar-refractivity contribution in [3.63, 3.8) is 0 Å². The van der Waals surface area contributed by atoms with E-state index in [1.54, 1.807) is 0 Å². The Morgan fingerprint density at radius 2 is 2.00 bits per heavy atom. The van der Waals surface area contributed by atoms with Crippen LogP contribution in [0.3, 0.4) is 0 Å². The fraction of sp³-hybridized carbons (Fsp3) is 0.750. The van der Waals surface area contributed by atoms with Crippen molar-refractivity contribution < 1.29 is 17.6 Å². The Morgan fingerprint density at radius 1 is 1.46 bits per heavy atom. The van der Waals surface area contributed by atoms with Crippen molar-refractivity contribution >= 4 is 0 Å². The standard InChI is InChI=1S/C8H13F4N/c1-3-6(2)4-13-5-8(11,12)7(9)10/h7,13H,2-5H2,1H3. The summed E-state index contributed by atoms with van der Waals surface area (Å²) in [7, 11) is 0. The van der Waals surface area contributed by atoms with Gasteiger partial charge < -0.3 is 5.32 Å². The van der Waals surface area contributed by atoms with Gasteiger partial charge in [-0.15, -0.1) is 0 Å². The summed E-state index contributed by atoms with van der Waals surface area (Å²) < 4.78 is 47.7. The second-order valence-electron chi connectivity index (χ2n) is 2.77. The zero-order valence-electron chi connectivity index (χ0n) is 7.42. The van der Waals surface area contributed by atoms with Gasteiger partial charge in [0.1, 0.15) is 0 Å². The van der Waals surface area contributed by atoms with Gasteiger partial charge in [0.15, 0.2) is 0 Å². The lowest BCUT2D eigenvalue weighted by Crippen LogP contribution is -2.39. The fourth-order valence-corrected chi connectivity index (χ4v) is 0.608. The Kier molecular flexibility index (Phi) is 4.98. The van der Waals surface area contributed by atoms with Gasteiger partial charge in [0.2, 0.25) is 0 Å². The largest absolute Gasteiger partial charge is 0.319 e. The van der Waals surface area contributed by atoms with Gasteiger partial charge >= 0.3 is 12.3 Å². The number of halogens is 4. The average molecular weight is 199 g/mol. The lowest BCUT2D eigenvalue weighted by molar-refractivity contribution is -0.124. The number of nitrogens with one attached hydrogen (secondary N) is 1. The highest BCUT2D eigenvalue weighted by Gasteiger charge is 2.39. The monoisotopic (exact) mass is 199 g/mol.